The number of ether oxygens (including phenoxy) is 1. The van der Waals surface area contributed by atoms with Gasteiger partial charge >= 0.3 is 6.09 Å². The summed E-state index contributed by atoms with van der Waals surface area (Å²) in [5, 5.41) is 2.99. The van der Waals surface area contributed by atoms with E-state index >= 15 is 0 Å². The summed E-state index contributed by atoms with van der Waals surface area (Å²) < 4.78 is 7.71. The van der Waals surface area contributed by atoms with Crippen molar-refractivity contribution < 1.29 is 9.53 Å². The molecule has 1 aliphatic carbocycles. The quantitative estimate of drug-likeness (QED) is 0.440. The van der Waals surface area contributed by atoms with E-state index in [1.165, 1.54) is 36.3 Å². The van der Waals surface area contributed by atoms with Crippen LogP contribution in [0.1, 0.15) is 82.3 Å². The standard InChI is InChI=1S/C32H44N6O2/c1-32(2,3)40-31(39)34-20-23-8-6-17-36(19-15-23)28-12-4-11-27-35-26(22-38(27)28)21-37-18-7-10-25-14-13-24-9-5-16-33-29(24)30(25)37/h4-5,9,11-12,16,22-23,25,30H,6-8,10,13-15,17-21H2,1-3H3,(H,34,39). The van der Waals surface area contributed by atoms with Gasteiger partial charge in [0.2, 0.25) is 0 Å². The van der Waals surface area contributed by atoms with Crippen LogP contribution in [0.3, 0.4) is 0 Å². The van der Waals surface area contributed by atoms with Crippen molar-refractivity contribution in [3.05, 3.63) is 59.7 Å². The minimum Gasteiger partial charge on any atom is -0.444 e. The minimum atomic E-state index is -0.472. The molecule has 2 saturated heterocycles. The molecule has 1 N–H and O–H groups in total. The van der Waals surface area contributed by atoms with E-state index in [1.807, 2.05) is 27.0 Å². The van der Waals surface area contributed by atoms with Crippen molar-refractivity contribution in [3.8, 4) is 0 Å². The third kappa shape index (κ3) is 5.97. The molecule has 0 bridgehead atoms. The molecular weight excluding hydrogens is 500 g/mol. The largest absolute Gasteiger partial charge is 0.444 e. The lowest BCUT2D eigenvalue weighted by Gasteiger charge is -2.44. The fraction of sp³-hybridized carbons (Fsp3) is 0.594. The number of amides is 1. The van der Waals surface area contributed by atoms with Gasteiger partial charge in [0.15, 0.2) is 0 Å². The van der Waals surface area contributed by atoms with Crippen molar-refractivity contribution >= 4 is 17.6 Å². The topological polar surface area (TPSA) is 75.0 Å². The Morgan fingerprint density at radius 1 is 1.05 bits per heavy atom. The van der Waals surface area contributed by atoms with Crippen LogP contribution in [-0.2, 0) is 17.7 Å². The van der Waals surface area contributed by atoms with Crippen LogP contribution in [0, 0.1) is 11.8 Å². The summed E-state index contributed by atoms with van der Waals surface area (Å²) in [6.07, 6.45) is 12.1. The van der Waals surface area contributed by atoms with Crippen LogP contribution < -0.4 is 10.2 Å². The van der Waals surface area contributed by atoms with Crippen LogP contribution in [0.25, 0.3) is 5.65 Å². The molecule has 3 aromatic heterocycles. The maximum Gasteiger partial charge on any atom is 0.407 e. The first-order chi connectivity index (χ1) is 19.3. The molecule has 2 fully saturated rings. The highest BCUT2D eigenvalue weighted by Crippen LogP contribution is 2.43. The molecule has 6 rings (SSSR count). The van der Waals surface area contributed by atoms with Gasteiger partial charge < -0.3 is 15.0 Å². The van der Waals surface area contributed by atoms with E-state index in [2.05, 4.69) is 56.0 Å². The number of piperidine rings is 1. The molecule has 0 spiro atoms. The number of nitrogens with one attached hydrogen (secondary N) is 1. The second-order valence-corrected chi connectivity index (χ2v) is 12.9. The monoisotopic (exact) mass is 544 g/mol. The molecule has 3 aromatic rings. The highest BCUT2D eigenvalue weighted by Gasteiger charge is 2.37. The van der Waals surface area contributed by atoms with Gasteiger partial charge in [-0.2, -0.15) is 0 Å². The fourth-order valence-corrected chi connectivity index (χ4v) is 7.03. The molecule has 214 valence electrons. The van der Waals surface area contributed by atoms with Gasteiger partial charge in [0.25, 0.3) is 0 Å². The first-order valence-electron chi connectivity index (χ1n) is 15.2. The van der Waals surface area contributed by atoms with Crippen molar-refractivity contribution in [1.82, 2.24) is 24.6 Å². The molecule has 8 heteroatoms. The summed E-state index contributed by atoms with van der Waals surface area (Å²) in [7, 11) is 0. The summed E-state index contributed by atoms with van der Waals surface area (Å²) in [4.78, 5) is 27.2. The summed E-state index contributed by atoms with van der Waals surface area (Å²) in [6, 6.07) is 11.2. The number of pyridine rings is 2. The number of hydrogen-bond donors (Lipinski definition) is 1. The fourth-order valence-electron chi connectivity index (χ4n) is 7.03. The number of aromatic nitrogens is 3. The molecule has 1 amide bonds. The van der Waals surface area contributed by atoms with Gasteiger partial charge in [-0.05, 0) is 108 Å². The number of rotatable bonds is 5. The van der Waals surface area contributed by atoms with E-state index < -0.39 is 5.60 Å². The van der Waals surface area contributed by atoms with Crippen LogP contribution in [0.4, 0.5) is 10.6 Å². The highest BCUT2D eigenvalue weighted by molar-refractivity contribution is 5.67. The van der Waals surface area contributed by atoms with Crippen molar-refractivity contribution in [1.29, 1.82) is 0 Å². The normalized spacial score (nSPS) is 23.8. The lowest BCUT2D eigenvalue weighted by Crippen LogP contribution is -2.41. The van der Waals surface area contributed by atoms with Crippen molar-refractivity contribution in [2.24, 2.45) is 11.8 Å². The Hall–Kier alpha value is -3.13. The third-order valence-electron chi connectivity index (χ3n) is 8.84. The van der Waals surface area contributed by atoms with Crippen LogP contribution in [-0.4, -0.2) is 57.1 Å². The summed E-state index contributed by atoms with van der Waals surface area (Å²) in [6.45, 7) is 10.3. The van der Waals surface area contributed by atoms with Crippen LogP contribution in [0.2, 0.25) is 0 Å². The summed E-state index contributed by atoms with van der Waals surface area (Å²) in [5.74, 6) is 2.35. The van der Waals surface area contributed by atoms with E-state index in [9.17, 15) is 4.79 Å². The number of carbonyl (C=O) groups excluding carboxylic acids is 1. The van der Waals surface area contributed by atoms with E-state index in [0.29, 0.717) is 24.4 Å². The minimum absolute atomic E-state index is 0.322. The number of hydrogen-bond acceptors (Lipinski definition) is 6. The average Bonchev–Trinajstić information content (AvgIpc) is 3.19. The van der Waals surface area contributed by atoms with E-state index in [4.69, 9.17) is 14.7 Å². The van der Waals surface area contributed by atoms with E-state index in [0.717, 1.165) is 63.2 Å². The van der Waals surface area contributed by atoms with Gasteiger partial charge in [-0.25, -0.2) is 9.78 Å². The number of aryl methyl sites for hydroxylation is 1. The molecule has 0 aromatic carbocycles. The van der Waals surface area contributed by atoms with Crippen molar-refractivity contribution in [2.45, 2.75) is 83.9 Å². The van der Waals surface area contributed by atoms with Crippen molar-refractivity contribution in [3.63, 3.8) is 0 Å². The predicted octanol–water partition coefficient (Wildman–Crippen LogP) is 5.76. The van der Waals surface area contributed by atoms with Gasteiger partial charge in [0.05, 0.1) is 17.4 Å². The Morgan fingerprint density at radius 3 is 2.80 bits per heavy atom. The zero-order valence-corrected chi connectivity index (χ0v) is 24.3. The maximum absolute atomic E-state index is 12.1. The molecule has 3 atom stereocenters. The SMILES string of the molecule is CC(C)(C)OC(=O)NCC1CCCN(c2cccc3nc(CN4CCCC5CCc6cccnc6C54)cn23)CC1. The van der Waals surface area contributed by atoms with E-state index in [-0.39, 0.29) is 6.09 Å². The lowest BCUT2D eigenvalue weighted by atomic mass is 9.77. The second kappa shape index (κ2) is 11.4. The van der Waals surface area contributed by atoms with Crippen LogP contribution in [0.15, 0.2) is 42.7 Å². The van der Waals surface area contributed by atoms with Crippen LogP contribution >= 0.6 is 0 Å². The number of nitrogens with zero attached hydrogens (tertiary/aromatic N) is 5. The van der Waals surface area contributed by atoms with Gasteiger partial charge in [-0.3, -0.25) is 14.3 Å². The Kier molecular flexibility index (Phi) is 7.71. The Morgan fingerprint density at radius 2 is 1.93 bits per heavy atom. The molecule has 8 nitrogen and oxygen atoms in total. The average molecular weight is 545 g/mol. The number of anilines is 1. The van der Waals surface area contributed by atoms with Gasteiger partial charge in [0, 0.05) is 38.6 Å². The molecular formula is C32H44N6O2. The molecule has 0 saturated carbocycles. The Bertz CT molecular complexity index is 1330. The zero-order valence-electron chi connectivity index (χ0n) is 24.3. The molecule has 40 heavy (non-hydrogen) atoms. The van der Waals surface area contributed by atoms with Crippen molar-refractivity contribution in [2.75, 3.05) is 31.1 Å². The van der Waals surface area contributed by atoms with Gasteiger partial charge in [-0.15, -0.1) is 0 Å². The Labute approximate surface area is 238 Å². The summed E-state index contributed by atoms with van der Waals surface area (Å²) >= 11 is 0. The van der Waals surface area contributed by atoms with Crippen LogP contribution in [0.5, 0.6) is 0 Å². The maximum atomic E-state index is 12.1. The molecule has 2 aliphatic heterocycles. The lowest BCUT2D eigenvalue weighted by molar-refractivity contribution is 0.0518. The predicted molar refractivity (Wildman–Crippen MR) is 157 cm³/mol. The number of fused-ring (bicyclic) bond motifs is 4. The zero-order chi connectivity index (χ0) is 27.7. The first-order valence-corrected chi connectivity index (χ1v) is 15.2. The third-order valence-corrected chi connectivity index (χ3v) is 8.84. The highest BCUT2D eigenvalue weighted by atomic mass is 16.6. The molecule has 3 aliphatic rings. The van der Waals surface area contributed by atoms with Gasteiger partial charge in [-0.1, -0.05) is 12.1 Å². The number of imidazole rings is 1. The Balaban J connectivity index is 1.14. The molecule has 3 unspecified atom stereocenters. The molecule has 0 radical (unpaired) electrons. The smallest absolute Gasteiger partial charge is 0.407 e. The first kappa shape index (κ1) is 27.1. The summed E-state index contributed by atoms with van der Waals surface area (Å²) in [5.41, 5.74) is 4.39. The number of carbonyl (C=O) groups is 1. The van der Waals surface area contributed by atoms with E-state index in [1.54, 1.807) is 0 Å². The molecule has 5 heterocycles. The second-order valence-electron chi connectivity index (χ2n) is 12.9. The number of alkyl carbamates (subject to hydrolysis) is 1. The van der Waals surface area contributed by atoms with Gasteiger partial charge in [0.1, 0.15) is 17.1 Å². The number of likely N-dealkylation sites (tertiary alicyclic amines) is 1.